The van der Waals surface area contributed by atoms with Crippen LogP contribution in [0.3, 0.4) is 0 Å². The molecule has 2 aromatic heterocycles. The number of rotatable bonds is 4. The number of nitrogens with one attached hydrogen (secondary N) is 2. The molecule has 0 saturated carbocycles. The van der Waals surface area contributed by atoms with Gasteiger partial charge in [0.1, 0.15) is 47.5 Å². The van der Waals surface area contributed by atoms with Crippen LogP contribution in [0.25, 0.3) is 22.2 Å². The summed E-state index contributed by atoms with van der Waals surface area (Å²) >= 11 is 0. The van der Waals surface area contributed by atoms with E-state index in [1.807, 2.05) is 0 Å². The topological polar surface area (TPSA) is 137 Å². The van der Waals surface area contributed by atoms with E-state index < -0.39 is 69.6 Å². The van der Waals surface area contributed by atoms with E-state index in [0.29, 0.717) is 32.1 Å². The molecule has 0 aliphatic carbocycles. The molecule has 4 heterocycles. The lowest BCUT2D eigenvalue weighted by molar-refractivity contribution is -0.137. The van der Waals surface area contributed by atoms with Gasteiger partial charge in [-0.3, -0.25) is 0 Å². The predicted octanol–water partition coefficient (Wildman–Crippen LogP) is 3.88. The zero-order valence-corrected chi connectivity index (χ0v) is 22.9. The summed E-state index contributed by atoms with van der Waals surface area (Å²) in [7, 11) is 1.52. The molecule has 16 heteroatoms. The van der Waals surface area contributed by atoms with Gasteiger partial charge in [0.15, 0.2) is 5.82 Å². The number of nitrogens with two attached hydrogens (primary N) is 1. The average molecular weight is 598 g/mol. The van der Waals surface area contributed by atoms with Gasteiger partial charge in [-0.1, -0.05) is 0 Å². The summed E-state index contributed by atoms with van der Waals surface area (Å²) in [6.45, 7) is 3.96. The van der Waals surface area contributed by atoms with Crippen molar-refractivity contribution in [1.82, 2.24) is 25.2 Å². The Hall–Kier alpha value is -4.21. The molecule has 2 atom stereocenters. The van der Waals surface area contributed by atoms with Gasteiger partial charge in [0.25, 0.3) is 0 Å². The number of likely N-dealkylation sites (N-methyl/N-ethyl adjacent to an activating group) is 1. The summed E-state index contributed by atoms with van der Waals surface area (Å²) in [4.78, 5) is 25.7. The van der Waals surface area contributed by atoms with Crippen molar-refractivity contribution >= 4 is 28.5 Å². The number of aromatic nitrogens is 3. The van der Waals surface area contributed by atoms with E-state index in [1.165, 1.54) is 11.9 Å². The first-order valence-electron chi connectivity index (χ1n) is 13.1. The van der Waals surface area contributed by atoms with Gasteiger partial charge in [0, 0.05) is 25.7 Å². The number of pyridine rings is 1. The molecular formula is C26H28F5N7O4. The van der Waals surface area contributed by atoms with E-state index in [-0.39, 0.29) is 36.3 Å². The molecule has 0 bridgehead atoms. The highest BCUT2D eigenvalue weighted by molar-refractivity contribution is 5.96. The van der Waals surface area contributed by atoms with Crippen LogP contribution < -0.4 is 25.8 Å². The number of carbonyl (C=O) groups is 1. The molecule has 0 spiro atoms. The van der Waals surface area contributed by atoms with Crippen LogP contribution in [0.2, 0.25) is 0 Å². The Labute approximate surface area is 236 Å². The van der Waals surface area contributed by atoms with Gasteiger partial charge >= 0.3 is 18.3 Å². The lowest BCUT2D eigenvalue weighted by Gasteiger charge is -2.21. The fourth-order valence-corrected chi connectivity index (χ4v) is 4.76. The van der Waals surface area contributed by atoms with Crippen LogP contribution in [-0.4, -0.2) is 78.0 Å². The van der Waals surface area contributed by atoms with Crippen LogP contribution in [0, 0.1) is 18.6 Å². The van der Waals surface area contributed by atoms with Crippen LogP contribution in [-0.2, 0) is 10.9 Å². The van der Waals surface area contributed by atoms with Crippen molar-refractivity contribution in [1.29, 1.82) is 0 Å². The number of alkyl halides is 3. The number of amides is 1. The first kappa shape index (κ1) is 29.3. The highest BCUT2D eigenvalue weighted by atomic mass is 19.4. The Bertz CT molecular complexity index is 1540. The monoisotopic (exact) mass is 597 g/mol. The summed E-state index contributed by atoms with van der Waals surface area (Å²) in [6, 6.07) is -0.108. The largest absolute Gasteiger partial charge is 0.474 e. The molecule has 0 radical (unpaired) electrons. The molecule has 1 unspecified atom stereocenters. The zero-order valence-electron chi connectivity index (χ0n) is 22.9. The lowest BCUT2D eigenvalue weighted by Crippen LogP contribution is -2.34. The quantitative estimate of drug-likeness (QED) is 0.300. The maximum absolute atomic E-state index is 16.4. The zero-order chi connectivity index (χ0) is 30.3. The molecule has 2 aliphatic rings. The summed E-state index contributed by atoms with van der Waals surface area (Å²) in [5.41, 5.74) is 0.823. The molecule has 11 nitrogen and oxygen atoms in total. The molecule has 3 aromatic rings. The van der Waals surface area contributed by atoms with Crippen LogP contribution >= 0.6 is 0 Å². The average Bonchev–Trinajstić information content (AvgIpc) is 3.23. The summed E-state index contributed by atoms with van der Waals surface area (Å²) in [5.74, 6) is -2.68. The van der Waals surface area contributed by atoms with Gasteiger partial charge in [-0.25, -0.2) is 18.6 Å². The first-order chi connectivity index (χ1) is 19.9. The highest BCUT2D eigenvalue weighted by Gasteiger charge is 2.39. The maximum Gasteiger partial charge on any atom is 0.417 e. The minimum absolute atomic E-state index is 0.0193. The van der Waals surface area contributed by atoms with E-state index in [0.717, 1.165) is 6.92 Å². The number of cyclic esters (lactones) is 1. The number of benzene rings is 1. The third-order valence-corrected chi connectivity index (χ3v) is 7.07. The Morgan fingerprint density at radius 3 is 2.62 bits per heavy atom. The minimum Gasteiger partial charge on any atom is -0.474 e. The Morgan fingerprint density at radius 1 is 1.17 bits per heavy atom. The number of ether oxygens (including phenoxy) is 3. The first-order valence-corrected chi connectivity index (χ1v) is 13.1. The molecule has 1 saturated heterocycles. The molecule has 4 N–H and O–H groups in total. The second kappa shape index (κ2) is 11.2. The van der Waals surface area contributed by atoms with Crippen LogP contribution in [0.15, 0.2) is 6.07 Å². The SMILES string of the molecule is Cc1c(F)c(N)cc(-c2nc3c4c(nc(OCC5COC(=O)N5C)nc4c2F)NCCNCC[C@H](C)O3)c1C(F)(F)F. The summed E-state index contributed by atoms with van der Waals surface area (Å²) in [5, 5.41) is 6.24. The van der Waals surface area contributed by atoms with Crippen molar-refractivity contribution in [2.75, 3.05) is 50.9 Å². The number of anilines is 2. The molecular weight excluding hydrogens is 569 g/mol. The van der Waals surface area contributed by atoms with Crippen LogP contribution in [0.1, 0.15) is 24.5 Å². The number of nitrogen functional groups attached to an aromatic ring is 1. The Balaban J connectivity index is 1.73. The third kappa shape index (κ3) is 5.49. The number of halogens is 5. The number of hydrogen-bond acceptors (Lipinski definition) is 10. The van der Waals surface area contributed by atoms with Crippen LogP contribution in [0.5, 0.6) is 11.9 Å². The molecule has 2 aliphatic heterocycles. The molecule has 1 aromatic carbocycles. The molecule has 1 amide bonds. The van der Waals surface area contributed by atoms with Crippen molar-refractivity contribution in [2.45, 2.75) is 38.6 Å². The van der Waals surface area contributed by atoms with Gasteiger partial charge in [-0.15, -0.1) is 0 Å². The van der Waals surface area contributed by atoms with E-state index in [2.05, 4.69) is 25.6 Å². The lowest BCUT2D eigenvalue weighted by atomic mass is 9.96. The second-order valence-electron chi connectivity index (χ2n) is 10.0. The van der Waals surface area contributed by atoms with Crippen molar-refractivity contribution < 1.29 is 41.0 Å². The van der Waals surface area contributed by atoms with E-state index >= 15 is 4.39 Å². The number of carbonyl (C=O) groups excluding carboxylic acids is 1. The normalized spacial score (nSPS) is 19.6. The van der Waals surface area contributed by atoms with Crippen molar-refractivity contribution in [3.05, 3.63) is 28.8 Å². The van der Waals surface area contributed by atoms with Crippen LogP contribution in [0.4, 0.5) is 38.3 Å². The van der Waals surface area contributed by atoms with Crippen molar-refractivity contribution in [3.63, 3.8) is 0 Å². The fourth-order valence-electron chi connectivity index (χ4n) is 4.76. The van der Waals surface area contributed by atoms with Gasteiger partial charge in [-0.05, 0) is 38.4 Å². The van der Waals surface area contributed by atoms with Gasteiger partial charge in [0.05, 0.1) is 17.4 Å². The van der Waals surface area contributed by atoms with E-state index in [4.69, 9.17) is 19.9 Å². The summed E-state index contributed by atoms with van der Waals surface area (Å²) in [6.07, 6.45) is -5.62. The summed E-state index contributed by atoms with van der Waals surface area (Å²) < 4.78 is 90.2. The molecule has 5 rings (SSSR count). The fraction of sp³-hybridized carbons (Fsp3) is 0.462. The Morgan fingerprint density at radius 2 is 1.93 bits per heavy atom. The van der Waals surface area contributed by atoms with E-state index in [1.54, 1.807) is 6.92 Å². The standard InChI is InChI=1S/C26H28F5N7O4/c1-11-4-5-33-6-7-34-22-16-21(36-24(37-22)40-9-13-10-41-25(39)38(13)3)19(28)20(35-23(16)42-11)14-8-15(32)18(27)12(2)17(14)26(29,30)31/h8,11,13,33H,4-7,9-10,32H2,1-3H3,(H,34,36,37)/t11-,13?/m0/s1. The van der Waals surface area contributed by atoms with Gasteiger partial charge in [-0.2, -0.15) is 23.1 Å². The smallest absolute Gasteiger partial charge is 0.417 e. The maximum atomic E-state index is 16.4. The van der Waals surface area contributed by atoms with Gasteiger partial charge in [0.2, 0.25) is 5.88 Å². The van der Waals surface area contributed by atoms with E-state index in [9.17, 15) is 22.4 Å². The third-order valence-electron chi connectivity index (χ3n) is 7.07. The molecule has 1 fully saturated rings. The molecule has 226 valence electrons. The Kier molecular flexibility index (Phi) is 7.83. The van der Waals surface area contributed by atoms with Gasteiger partial charge < -0.3 is 35.5 Å². The van der Waals surface area contributed by atoms with Crippen molar-refractivity contribution in [2.24, 2.45) is 0 Å². The second-order valence-corrected chi connectivity index (χ2v) is 10.0. The predicted molar refractivity (Wildman–Crippen MR) is 141 cm³/mol. The van der Waals surface area contributed by atoms with Crippen molar-refractivity contribution in [3.8, 4) is 23.1 Å². The number of hydrogen-bond donors (Lipinski definition) is 3. The highest BCUT2D eigenvalue weighted by Crippen LogP contribution is 2.44. The number of nitrogens with zero attached hydrogens (tertiary/aromatic N) is 4. The molecule has 42 heavy (non-hydrogen) atoms. The minimum atomic E-state index is -5.07.